The van der Waals surface area contributed by atoms with Gasteiger partial charge in [-0.15, -0.1) is 0 Å². The number of hydrazine groups is 1. The standard InChI is InChI=1S/C12H15FN6O/c1-7(2)20-12-17-10(16-11(18-12)19-14)15-9-6-4-3-5-8(9)13/h3-7H,14H2,1-2H3,(H2,15,16,17,18,19). The highest BCUT2D eigenvalue weighted by atomic mass is 19.1. The van der Waals surface area contributed by atoms with Crippen molar-refractivity contribution in [2.24, 2.45) is 5.84 Å². The summed E-state index contributed by atoms with van der Waals surface area (Å²) in [5.74, 6) is 5.12. The first-order chi connectivity index (χ1) is 9.58. The summed E-state index contributed by atoms with van der Waals surface area (Å²) in [5, 5.41) is 2.75. The van der Waals surface area contributed by atoms with E-state index in [0.29, 0.717) is 0 Å². The summed E-state index contributed by atoms with van der Waals surface area (Å²) in [5.41, 5.74) is 2.55. The summed E-state index contributed by atoms with van der Waals surface area (Å²) >= 11 is 0. The van der Waals surface area contributed by atoms with Crippen molar-refractivity contribution in [3.05, 3.63) is 30.1 Å². The third kappa shape index (κ3) is 3.51. The Hall–Kier alpha value is -2.48. The molecule has 7 nitrogen and oxygen atoms in total. The van der Waals surface area contributed by atoms with Crippen molar-refractivity contribution in [2.45, 2.75) is 20.0 Å². The quantitative estimate of drug-likeness (QED) is 0.567. The third-order valence-corrected chi connectivity index (χ3v) is 2.21. The number of halogens is 1. The molecule has 0 radical (unpaired) electrons. The molecule has 2 aromatic rings. The molecule has 1 heterocycles. The molecule has 106 valence electrons. The van der Waals surface area contributed by atoms with Crippen molar-refractivity contribution in [1.82, 2.24) is 15.0 Å². The van der Waals surface area contributed by atoms with Crippen molar-refractivity contribution in [3.63, 3.8) is 0 Å². The number of ether oxygens (including phenoxy) is 1. The lowest BCUT2D eigenvalue weighted by atomic mass is 10.3. The minimum Gasteiger partial charge on any atom is -0.461 e. The molecule has 4 N–H and O–H groups in total. The molecule has 0 amide bonds. The minimum atomic E-state index is -0.415. The van der Waals surface area contributed by atoms with Gasteiger partial charge in [0.15, 0.2) is 0 Å². The Bertz CT molecular complexity index is 592. The van der Waals surface area contributed by atoms with E-state index in [9.17, 15) is 4.39 Å². The lowest BCUT2D eigenvalue weighted by Crippen LogP contribution is -2.15. The fourth-order valence-corrected chi connectivity index (χ4v) is 1.42. The second kappa shape index (κ2) is 6.11. The van der Waals surface area contributed by atoms with Crippen LogP contribution in [0.3, 0.4) is 0 Å². The molecule has 20 heavy (non-hydrogen) atoms. The van der Waals surface area contributed by atoms with Crippen LogP contribution >= 0.6 is 0 Å². The van der Waals surface area contributed by atoms with Crippen LogP contribution in [-0.4, -0.2) is 21.1 Å². The maximum absolute atomic E-state index is 13.6. The summed E-state index contributed by atoms with van der Waals surface area (Å²) in [7, 11) is 0. The normalized spacial score (nSPS) is 10.4. The number of anilines is 3. The van der Waals surface area contributed by atoms with E-state index < -0.39 is 5.82 Å². The van der Waals surface area contributed by atoms with Crippen molar-refractivity contribution in [1.29, 1.82) is 0 Å². The van der Waals surface area contributed by atoms with Crippen molar-refractivity contribution >= 4 is 17.6 Å². The summed E-state index contributed by atoms with van der Waals surface area (Å²) in [6.07, 6.45) is -0.107. The maximum Gasteiger partial charge on any atom is 0.323 e. The first-order valence-electron chi connectivity index (χ1n) is 5.99. The Morgan fingerprint density at radius 1 is 1.15 bits per heavy atom. The Balaban J connectivity index is 2.29. The van der Waals surface area contributed by atoms with Gasteiger partial charge in [-0.2, -0.15) is 15.0 Å². The topological polar surface area (TPSA) is 98.0 Å². The van der Waals surface area contributed by atoms with Gasteiger partial charge in [0.1, 0.15) is 5.82 Å². The first kappa shape index (κ1) is 13.9. The Kier molecular flexibility index (Phi) is 4.26. The number of nitrogens with two attached hydrogens (primary N) is 1. The number of benzene rings is 1. The fraction of sp³-hybridized carbons (Fsp3) is 0.250. The van der Waals surface area contributed by atoms with Gasteiger partial charge in [0.2, 0.25) is 11.9 Å². The van der Waals surface area contributed by atoms with Crippen LogP contribution in [0.1, 0.15) is 13.8 Å². The number of para-hydroxylation sites is 1. The third-order valence-electron chi connectivity index (χ3n) is 2.21. The molecule has 0 saturated heterocycles. The van der Waals surface area contributed by atoms with E-state index in [1.807, 2.05) is 13.8 Å². The second-order valence-electron chi connectivity index (χ2n) is 4.18. The number of hydrogen-bond donors (Lipinski definition) is 3. The summed E-state index contributed by atoms with van der Waals surface area (Å²) in [6.45, 7) is 3.67. The number of hydrogen-bond acceptors (Lipinski definition) is 7. The van der Waals surface area contributed by atoms with Gasteiger partial charge < -0.3 is 10.1 Å². The van der Waals surface area contributed by atoms with E-state index >= 15 is 0 Å². The molecular formula is C12H15FN6O. The van der Waals surface area contributed by atoms with Gasteiger partial charge in [0.25, 0.3) is 0 Å². The zero-order chi connectivity index (χ0) is 14.5. The van der Waals surface area contributed by atoms with Crippen molar-refractivity contribution < 1.29 is 9.13 Å². The predicted octanol–water partition coefficient (Wildman–Crippen LogP) is 1.83. The van der Waals surface area contributed by atoms with Crippen molar-refractivity contribution in [2.75, 3.05) is 10.7 Å². The highest BCUT2D eigenvalue weighted by Gasteiger charge is 2.10. The van der Waals surface area contributed by atoms with Gasteiger partial charge in [0.05, 0.1) is 11.8 Å². The fourth-order valence-electron chi connectivity index (χ4n) is 1.42. The highest BCUT2D eigenvalue weighted by Crippen LogP contribution is 2.19. The predicted molar refractivity (Wildman–Crippen MR) is 73.1 cm³/mol. The summed E-state index contributed by atoms with van der Waals surface area (Å²) in [4.78, 5) is 12.0. The average Bonchev–Trinajstić information content (AvgIpc) is 2.40. The molecule has 0 bridgehead atoms. The molecule has 0 spiro atoms. The highest BCUT2D eigenvalue weighted by molar-refractivity contribution is 5.54. The molecule has 1 aromatic carbocycles. The molecule has 2 rings (SSSR count). The SMILES string of the molecule is CC(C)Oc1nc(NN)nc(Nc2ccccc2F)n1. The molecule has 0 aliphatic carbocycles. The van der Waals surface area contributed by atoms with Crippen LogP contribution in [0.2, 0.25) is 0 Å². The summed E-state index contributed by atoms with van der Waals surface area (Å²) in [6, 6.07) is 6.28. The largest absolute Gasteiger partial charge is 0.461 e. The van der Waals surface area contributed by atoms with E-state index in [4.69, 9.17) is 10.6 Å². The number of rotatable bonds is 5. The lowest BCUT2D eigenvalue weighted by Gasteiger charge is -2.11. The molecule has 0 fully saturated rings. The van der Waals surface area contributed by atoms with E-state index in [2.05, 4.69) is 25.7 Å². The Morgan fingerprint density at radius 3 is 2.50 bits per heavy atom. The molecular weight excluding hydrogens is 263 g/mol. The van der Waals surface area contributed by atoms with Gasteiger partial charge in [-0.25, -0.2) is 10.2 Å². The first-order valence-corrected chi connectivity index (χ1v) is 5.99. The number of aromatic nitrogens is 3. The van der Waals surface area contributed by atoms with Crippen LogP contribution in [0.4, 0.5) is 22.0 Å². The maximum atomic E-state index is 13.6. The minimum absolute atomic E-state index is 0.0989. The van der Waals surface area contributed by atoms with Crippen LogP contribution in [-0.2, 0) is 0 Å². The molecule has 0 atom stereocenters. The second-order valence-corrected chi connectivity index (χ2v) is 4.18. The summed E-state index contributed by atoms with van der Waals surface area (Å²) < 4.78 is 18.9. The Morgan fingerprint density at radius 2 is 1.85 bits per heavy atom. The molecule has 0 aliphatic heterocycles. The molecule has 0 unspecified atom stereocenters. The Labute approximate surface area is 115 Å². The number of nitrogens with zero attached hydrogens (tertiary/aromatic N) is 3. The van der Waals surface area contributed by atoms with E-state index in [0.717, 1.165) is 0 Å². The van der Waals surface area contributed by atoms with E-state index in [1.165, 1.54) is 6.07 Å². The average molecular weight is 278 g/mol. The molecule has 0 aliphatic rings. The van der Waals surface area contributed by atoms with Gasteiger partial charge >= 0.3 is 6.01 Å². The van der Waals surface area contributed by atoms with Crippen LogP contribution in [0.5, 0.6) is 6.01 Å². The van der Waals surface area contributed by atoms with Crippen LogP contribution in [0, 0.1) is 5.82 Å². The molecule has 1 aromatic heterocycles. The lowest BCUT2D eigenvalue weighted by molar-refractivity contribution is 0.222. The molecule has 8 heteroatoms. The number of nitrogen functional groups attached to an aromatic ring is 1. The van der Waals surface area contributed by atoms with Crippen LogP contribution < -0.4 is 21.3 Å². The monoisotopic (exact) mass is 278 g/mol. The van der Waals surface area contributed by atoms with Crippen LogP contribution in [0.25, 0.3) is 0 Å². The van der Waals surface area contributed by atoms with Gasteiger partial charge in [0, 0.05) is 0 Å². The van der Waals surface area contributed by atoms with Gasteiger partial charge in [-0.05, 0) is 26.0 Å². The van der Waals surface area contributed by atoms with Gasteiger partial charge in [-0.1, -0.05) is 12.1 Å². The van der Waals surface area contributed by atoms with E-state index in [1.54, 1.807) is 18.2 Å². The van der Waals surface area contributed by atoms with Gasteiger partial charge in [-0.3, -0.25) is 5.43 Å². The zero-order valence-electron chi connectivity index (χ0n) is 11.1. The molecule has 0 saturated carbocycles. The smallest absolute Gasteiger partial charge is 0.323 e. The zero-order valence-corrected chi connectivity index (χ0v) is 11.1. The van der Waals surface area contributed by atoms with Crippen molar-refractivity contribution in [3.8, 4) is 6.01 Å². The van der Waals surface area contributed by atoms with Crippen LogP contribution in [0.15, 0.2) is 24.3 Å². The van der Waals surface area contributed by atoms with E-state index in [-0.39, 0.29) is 29.7 Å². The number of nitrogens with one attached hydrogen (secondary N) is 2.